The minimum Gasteiger partial charge on any atom is -0.495 e. The van der Waals surface area contributed by atoms with Crippen LogP contribution >= 0.6 is 0 Å². The SMILES string of the molecule is COc1ccc(NC(=O)COc2ccc(Nc3ccccc3)cc2)cc1S(=O)(=O)N1CCOCC1. The number of morpholine rings is 1. The van der Waals surface area contributed by atoms with Crippen molar-refractivity contribution in [2.45, 2.75) is 4.90 Å². The van der Waals surface area contributed by atoms with Crippen molar-refractivity contribution in [1.29, 1.82) is 0 Å². The summed E-state index contributed by atoms with van der Waals surface area (Å²) in [6.07, 6.45) is 0. The summed E-state index contributed by atoms with van der Waals surface area (Å²) in [5.74, 6) is 0.315. The normalized spacial score (nSPS) is 14.2. The molecule has 0 radical (unpaired) electrons. The largest absolute Gasteiger partial charge is 0.495 e. The number of nitrogens with one attached hydrogen (secondary N) is 2. The lowest BCUT2D eigenvalue weighted by atomic mass is 10.2. The molecule has 10 heteroatoms. The van der Waals surface area contributed by atoms with E-state index in [1.165, 1.54) is 23.5 Å². The number of ether oxygens (including phenoxy) is 3. The lowest BCUT2D eigenvalue weighted by Crippen LogP contribution is -2.40. The van der Waals surface area contributed by atoms with Crippen LogP contribution in [0.1, 0.15) is 0 Å². The van der Waals surface area contributed by atoms with Crippen molar-refractivity contribution in [1.82, 2.24) is 4.31 Å². The number of nitrogens with zero attached hydrogens (tertiary/aromatic N) is 1. The van der Waals surface area contributed by atoms with Crippen LogP contribution in [0.5, 0.6) is 11.5 Å². The van der Waals surface area contributed by atoms with Gasteiger partial charge in [0.1, 0.15) is 16.4 Å². The molecule has 0 aliphatic carbocycles. The van der Waals surface area contributed by atoms with E-state index in [4.69, 9.17) is 14.2 Å². The predicted molar refractivity (Wildman–Crippen MR) is 133 cm³/mol. The van der Waals surface area contributed by atoms with E-state index in [0.717, 1.165) is 11.4 Å². The van der Waals surface area contributed by atoms with Gasteiger partial charge in [-0.05, 0) is 54.6 Å². The minimum atomic E-state index is -3.81. The summed E-state index contributed by atoms with van der Waals surface area (Å²) in [5.41, 5.74) is 2.18. The Morgan fingerprint density at radius 3 is 2.29 bits per heavy atom. The van der Waals surface area contributed by atoms with E-state index in [9.17, 15) is 13.2 Å². The molecule has 1 saturated heterocycles. The molecule has 1 aliphatic rings. The standard InChI is InChI=1S/C25H27N3O6S/c1-32-23-12-9-21(17-24(23)35(30,31)28-13-15-33-16-14-28)27-25(29)18-34-22-10-7-20(8-11-22)26-19-5-3-2-4-6-19/h2-12,17,26H,13-16,18H2,1H3,(H,27,29). The van der Waals surface area contributed by atoms with Crippen molar-refractivity contribution in [2.24, 2.45) is 0 Å². The van der Waals surface area contributed by atoms with Gasteiger partial charge in [0.15, 0.2) is 6.61 Å². The Kier molecular flexibility index (Phi) is 7.86. The fraction of sp³-hybridized carbons (Fsp3) is 0.240. The Morgan fingerprint density at radius 1 is 0.943 bits per heavy atom. The van der Waals surface area contributed by atoms with E-state index in [2.05, 4.69) is 10.6 Å². The minimum absolute atomic E-state index is 0.0119. The number of carbonyl (C=O) groups excluding carboxylic acids is 1. The van der Waals surface area contributed by atoms with Crippen LogP contribution in [-0.2, 0) is 19.6 Å². The van der Waals surface area contributed by atoms with Gasteiger partial charge in [-0.15, -0.1) is 0 Å². The number of amides is 1. The predicted octanol–water partition coefficient (Wildman–Crippen LogP) is 3.48. The van der Waals surface area contributed by atoms with Crippen molar-refractivity contribution < 1.29 is 27.4 Å². The van der Waals surface area contributed by atoms with Crippen LogP contribution in [0.4, 0.5) is 17.1 Å². The molecule has 184 valence electrons. The van der Waals surface area contributed by atoms with Crippen molar-refractivity contribution in [3.63, 3.8) is 0 Å². The molecular formula is C25H27N3O6S. The zero-order chi connectivity index (χ0) is 24.7. The molecule has 1 aliphatic heterocycles. The van der Waals surface area contributed by atoms with E-state index in [1.54, 1.807) is 18.2 Å². The molecule has 1 amide bonds. The molecule has 9 nitrogen and oxygen atoms in total. The Morgan fingerprint density at radius 2 is 1.60 bits per heavy atom. The number of hydrogen-bond acceptors (Lipinski definition) is 7. The van der Waals surface area contributed by atoms with Gasteiger partial charge in [0, 0.05) is 30.2 Å². The third kappa shape index (κ3) is 6.30. The monoisotopic (exact) mass is 497 g/mol. The molecule has 0 bridgehead atoms. The average Bonchev–Trinajstić information content (AvgIpc) is 2.89. The van der Waals surface area contributed by atoms with Gasteiger partial charge in [-0.25, -0.2) is 8.42 Å². The second-order valence-electron chi connectivity index (χ2n) is 7.73. The zero-order valence-corrected chi connectivity index (χ0v) is 20.1. The Hall–Kier alpha value is -3.60. The summed E-state index contributed by atoms with van der Waals surface area (Å²) < 4.78 is 43.6. The maximum Gasteiger partial charge on any atom is 0.262 e. The van der Waals surface area contributed by atoms with E-state index in [1.807, 2.05) is 42.5 Å². The quantitative estimate of drug-likeness (QED) is 0.466. The van der Waals surface area contributed by atoms with Crippen molar-refractivity contribution in [3.05, 3.63) is 72.8 Å². The highest BCUT2D eigenvalue weighted by molar-refractivity contribution is 7.89. The second-order valence-corrected chi connectivity index (χ2v) is 9.64. The van der Waals surface area contributed by atoms with Crippen molar-refractivity contribution in [2.75, 3.05) is 50.7 Å². The van der Waals surface area contributed by atoms with Gasteiger partial charge in [-0.2, -0.15) is 4.31 Å². The first-order valence-electron chi connectivity index (χ1n) is 11.1. The van der Waals surface area contributed by atoms with Crippen LogP contribution in [-0.4, -0.2) is 58.7 Å². The number of anilines is 3. The molecule has 1 fully saturated rings. The first kappa shape index (κ1) is 24.5. The number of rotatable bonds is 9. The summed E-state index contributed by atoms with van der Waals surface area (Å²) >= 11 is 0. The first-order chi connectivity index (χ1) is 17.0. The van der Waals surface area contributed by atoms with Crippen LogP contribution in [0.25, 0.3) is 0 Å². The lowest BCUT2D eigenvalue weighted by molar-refractivity contribution is -0.118. The first-order valence-corrected chi connectivity index (χ1v) is 12.5. The smallest absolute Gasteiger partial charge is 0.262 e. The van der Waals surface area contributed by atoms with Gasteiger partial charge in [-0.1, -0.05) is 18.2 Å². The Labute approximate surface area is 204 Å². The van der Waals surface area contributed by atoms with Gasteiger partial charge in [-0.3, -0.25) is 4.79 Å². The highest BCUT2D eigenvalue weighted by Gasteiger charge is 2.29. The molecule has 0 unspecified atom stereocenters. The topological polar surface area (TPSA) is 106 Å². The Bertz CT molecular complexity index is 1240. The molecular weight excluding hydrogens is 470 g/mol. The van der Waals surface area contributed by atoms with Crippen LogP contribution in [0.2, 0.25) is 0 Å². The van der Waals surface area contributed by atoms with Crippen LogP contribution in [0, 0.1) is 0 Å². The van der Waals surface area contributed by atoms with Crippen LogP contribution < -0.4 is 20.1 Å². The Balaban J connectivity index is 1.37. The molecule has 0 spiro atoms. The number of para-hydroxylation sites is 1. The van der Waals surface area contributed by atoms with E-state index < -0.39 is 15.9 Å². The highest BCUT2D eigenvalue weighted by atomic mass is 32.2. The summed E-state index contributed by atoms with van der Waals surface area (Å²) in [6.45, 7) is 0.950. The maximum absolute atomic E-state index is 13.1. The third-order valence-corrected chi connectivity index (χ3v) is 7.24. The number of carbonyl (C=O) groups is 1. The summed E-state index contributed by atoms with van der Waals surface area (Å²) in [7, 11) is -2.40. The number of hydrogen-bond donors (Lipinski definition) is 2. The molecule has 35 heavy (non-hydrogen) atoms. The average molecular weight is 498 g/mol. The van der Waals surface area contributed by atoms with Crippen LogP contribution in [0.15, 0.2) is 77.7 Å². The zero-order valence-electron chi connectivity index (χ0n) is 19.3. The molecule has 0 atom stereocenters. The molecule has 3 aromatic carbocycles. The van der Waals surface area contributed by atoms with Crippen LogP contribution in [0.3, 0.4) is 0 Å². The summed E-state index contributed by atoms with van der Waals surface area (Å²) in [6, 6.07) is 21.5. The fourth-order valence-corrected chi connectivity index (χ4v) is 5.14. The van der Waals surface area contributed by atoms with Crippen molar-refractivity contribution in [3.8, 4) is 11.5 Å². The lowest BCUT2D eigenvalue weighted by Gasteiger charge is -2.26. The van der Waals surface area contributed by atoms with Gasteiger partial charge in [0.25, 0.3) is 5.91 Å². The number of benzene rings is 3. The summed E-state index contributed by atoms with van der Waals surface area (Å²) in [4.78, 5) is 12.4. The van der Waals surface area contributed by atoms with Gasteiger partial charge in [0.2, 0.25) is 10.0 Å². The molecule has 0 saturated carbocycles. The second kappa shape index (κ2) is 11.2. The van der Waals surface area contributed by atoms with Gasteiger partial charge >= 0.3 is 0 Å². The van der Waals surface area contributed by atoms with Gasteiger partial charge < -0.3 is 24.8 Å². The molecule has 1 heterocycles. The van der Waals surface area contributed by atoms with E-state index in [0.29, 0.717) is 24.7 Å². The maximum atomic E-state index is 13.1. The van der Waals surface area contributed by atoms with E-state index >= 15 is 0 Å². The molecule has 2 N–H and O–H groups in total. The van der Waals surface area contributed by atoms with Crippen molar-refractivity contribution >= 4 is 33.0 Å². The molecule has 3 aromatic rings. The van der Waals surface area contributed by atoms with Gasteiger partial charge in [0.05, 0.1) is 20.3 Å². The highest BCUT2D eigenvalue weighted by Crippen LogP contribution is 2.30. The molecule has 0 aromatic heterocycles. The van der Waals surface area contributed by atoms with E-state index in [-0.39, 0.29) is 30.3 Å². The number of methoxy groups -OCH3 is 1. The number of sulfonamides is 1. The fourth-order valence-electron chi connectivity index (χ4n) is 3.55. The molecule has 4 rings (SSSR count). The summed E-state index contributed by atoms with van der Waals surface area (Å²) in [5, 5.41) is 5.96. The third-order valence-electron chi connectivity index (χ3n) is 5.32.